The van der Waals surface area contributed by atoms with E-state index in [9.17, 15) is 27.6 Å². The van der Waals surface area contributed by atoms with Crippen LogP contribution in [0.4, 0.5) is 18.9 Å². The average Bonchev–Trinajstić information content (AvgIpc) is 3.13. The van der Waals surface area contributed by atoms with Gasteiger partial charge >= 0.3 is 12.1 Å². The van der Waals surface area contributed by atoms with Crippen LogP contribution in [0.2, 0.25) is 0 Å². The number of halogens is 3. The van der Waals surface area contributed by atoms with Crippen LogP contribution in [0.5, 0.6) is 0 Å². The molecule has 0 aliphatic carbocycles. The summed E-state index contributed by atoms with van der Waals surface area (Å²) in [5, 5.41) is 2.50. The zero-order valence-corrected chi connectivity index (χ0v) is 17.0. The Hall–Kier alpha value is -3.40. The highest BCUT2D eigenvalue weighted by Gasteiger charge is 2.31. The van der Waals surface area contributed by atoms with E-state index in [0.29, 0.717) is 21.7 Å². The van der Waals surface area contributed by atoms with Crippen molar-refractivity contribution in [2.45, 2.75) is 19.6 Å². The van der Waals surface area contributed by atoms with Gasteiger partial charge in [0.2, 0.25) is 5.91 Å². The van der Waals surface area contributed by atoms with Gasteiger partial charge in [0.15, 0.2) is 0 Å². The Labute approximate surface area is 178 Å². The maximum atomic E-state index is 12.9. The molecule has 0 aliphatic heterocycles. The third-order valence-electron chi connectivity index (χ3n) is 4.15. The number of nitrogens with zero attached hydrogens (tertiary/aromatic N) is 1. The summed E-state index contributed by atoms with van der Waals surface area (Å²) in [4.78, 5) is 37.5. The van der Waals surface area contributed by atoms with Gasteiger partial charge in [0, 0.05) is 17.1 Å². The zero-order valence-electron chi connectivity index (χ0n) is 16.2. The SMILES string of the molecule is CCOC(=O)c1sc(-c2ccccc2)cc1NC(=O)Cn1cc(C(F)(F)F)ccc1=O. The van der Waals surface area contributed by atoms with Crippen molar-refractivity contribution >= 4 is 28.9 Å². The van der Waals surface area contributed by atoms with Crippen LogP contribution >= 0.6 is 11.3 Å². The number of amides is 1. The second-order valence-electron chi connectivity index (χ2n) is 6.37. The molecule has 2 heterocycles. The van der Waals surface area contributed by atoms with E-state index in [0.717, 1.165) is 23.0 Å². The molecule has 0 unspecified atom stereocenters. The van der Waals surface area contributed by atoms with E-state index in [4.69, 9.17) is 4.74 Å². The fraction of sp³-hybridized carbons (Fsp3) is 0.190. The first-order chi connectivity index (χ1) is 14.7. The van der Waals surface area contributed by atoms with Crippen LogP contribution < -0.4 is 10.9 Å². The molecule has 1 amide bonds. The monoisotopic (exact) mass is 450 g/mol. The number of carbonyl (C=O) groups is 2. The third kappa shape index (κ3) is 5.40. The van der Waals surface area contributed by atoms with Crippen LogP contribution in [0.15, 0.2) is 59.5 Å². The molecule has 1 aromatic carbocycles. The molecule has 0 atom stereocenters. The summed E-state index contributed by atoms with van der Waals surface area (Å²) in [5.41, 5.74) is -0.835. The van der Waals surface area contributed by atoms with Gasteiger partial charge in [-0.15, -0.1) is 11.3 Å². The highest BCUT2D eigenvalue weighted by atomic mass is 32.1. The number of hydrogen-bond acceptors (Lipinski definition) is 5. The smallest absolute Gasteiger partial charge is 0.417 e. The number of benzene rings is 1. The average molecular weight is 450 g/mol. The normalized spacial score (nSPS) is 11.2. The van der Waals surface area contributed by atoms with Crippen molar-refractivity contribution < 1.29 is 27.5 Å². The van der Waals surface area contributed by atoms with Crippen LogP contribution in [-0.4, -0.2) is 23.1 Å². The third-order valence-corrected chi connectivity index (χ3v) is 5.31. The number of carbonyl (C=O) groups excluding carboxylic acids is 2. The van der Waals surface area contributed by atoms with E-state index >= 15 is 0 Å². The summed E-state index contributed by atoms with van der Waals surface area (Å²) in [5.74, 6) is -1.40. The van der Waals surface area contributed by atoms with Gasteiger partial charge in [-0.2, -0.15) is 13.2 Å². The molecule has 0 fully saturated rings. The summed E-state index contributed by atoms with van der Waals surface area (Å²) in [6.45, 7) is 1.12. The number of thiophene rings is 1. The lowest BCUT2D eigenvalue weighted by molar-refractivity contribution is -0.138. The van der Waals surface area contributed by atoms with E-state index in [1.807, 2.05) is 30.3 Å². The molecule has 0 aliphatic rings. The first-order valence-corrected chi connectivity index (χ1v) is 9.94. The Morgan fingerprint density at radius 3 is 2.48 bits per heavy atom. The van der Waals surface area contributed by atoms with Gasteiger partial charge in [0.05, 0.1) is 17.9 Å². The van der Waals surface area contributed by atoms with Gasteiger partial charge in [-0.05, 0) is 24.6 Å². The molecule has 1 N–H and O–H groups in total. The van der Waals surface area contributed by atoms with E-state index < -0.39 is 35.7 Å². The molecule has 0 bridgehead atoms. The quantitative estimate of drug-likeness (QED) is 0.565. The number of nitrogens with one attached hydrogen (secondary N) is 1. The molecule has 2 aromatic heterocycles. The van der Waals surface area contributed by atoms with Gasteiger partial charge in [0.1, 0.15) is 11.4 Å². The zero-order chi connectivity index (χ0) is 22.6. The van der Waals surface area contributed by atoms with E-state index in [1.165, 1.54) is 0 Å². The Morgan fingerprint density at radius 1 is 1.13 bits per heavy atom. The second-order valence-corrected chi connectivity index (χ2v) is 7.42. The lowest BCUT2D eigenvalue weighted by atomic mass is 10.2. The molecule has 0 radical (unpaired) electrons. The van der Waals surface area contributed by atoms with Crippen molar-refractivity contribution in [2.24, 2.45) is 0 Å². The molecular formula is C21H17F3N2O4S. The van der Waals surface area contributed by atoms with Gasteiger partial charge in [-0.25, -0.2) is 4.79 Å². The van der Waals surface area contributed by atoms with Crippen molar-refractivity contribution in [1.82, 2.24) is 4.57 Å². The molecule has 162 valence electrons. The topological polar surface area (TPSA) is 77.4 Å². The van der Waals surface area contributed by atoms with Gasteiger partial charge < -0.3 is 14.6 Å². The van der Waals surface area contributed by atoms with Crippen LogP contribution in [0.3, 0.4) is 0 Å². The van der Waals surface area contributed by atoms with Crippen LogP contribution in [-0.2, 0) is 22.3 Å². The highest BCUT2D eigenvalue weighted by Crippen LogP contribution is 2.35. The largest absolute Gasteiger partial charge is 0.462 e. The number of ether oxygens (including phenoxy) is 1. The van der Waals surface area contributed by atoms with E-state index in [2.05, 4.69) is 5.32 Å². The molecule has 31 heavy (non-hydrogen) atoms. The van der Waals surface area contributed by atoms with Crippen molar-refractivity contribution in [3.05, 3.63) is 75.5 Å². The lowest BCUT2D eigenvalue weighted by Crippen LogP contribution is -2.28. The molecule has 0 saturated carbocycles. The maximum absolute atomic E-state index is 12.9. The summed E-state index contributed by atoms with van der Waals surface area (Å²) < 4.78 is 44.4. The van der Waals surface area contributed by atoms with Crippen LogP contribution in [0.25, 0.3) is 10.4 Å². The minimum Gasteiger partial charge on any atom is -0.462 e. The number of pyridine rings is 1. The number of anilines is 1. The Morgan fingerprint density at radius 2 is 1.84 bits per heavy atom. The number of rotatable bonds is 6. The Bertz CT molecular complexity index is 1150. The van der Waals surface area contributed by atoms with Gasteiger partial charge in [-0.3, -0.25) is 9.59 Å². The van der Waals surface area contributed by atoms with Crippen molar-refractivity contribution in [3.63, 3.8) is 0 Å². The summed E-state index contributed by atoms with van der Waals surface area (Å²) >= 11 is 1.11. The van der Waals surface area contributed by atoms with Crippen molar-refractivity contribution in [1.29, 1.82) is 0 Å². The van der Waals surface area contributed by atoms with Crippen molar-refractivity contribution in [3.8, 4) is 10.4 Å². The standard InChI is InChI=1S/C21H17F3N2O4S/c1-2-30-20(29)19-15(10-16(31-19)13-6-4-3-5-7-13)25-17(27)12-26-11-14(21(22,23)24)8-9-18(26)28/h3-11H,2,12H2,1H3,(H,25,27). The van der Waals surface area contributed by atoms with Crippen LogP contribution in [0.1, 0.15) is 22.2 Å². The minimum atomic E-state index is -4.65. The number of esters is 1. The second kappa shape index (κ2) is 9.17. The molecule has 10 heteroatoms. The van der Waals surface area contributed by atoms with Gasteiger partial charge in [-0.1, -0.05) is 30.3 Å². The number of aromatic nitrogens is 1. The first kappa shape index (κ1) is 22.3. The molecular weight excluding hydrogens is 433 g/mol. The Balaban J connectivity index is 1.88. The van der Waals surface area contributed by atoms with E-state index in [1.54, 1.807) is 13.0 Å². The predicted octanol–water partition coefficient (Wildman–Crippen LogP) is 4.41. The minimum absolute atomic E-state index is 0.129. The maximum Gasteiger partial charge on any atom is 0.417 e. The fourth-order valence-electron chi connectivity index (χ4n) is 2.74. The van der Waals surface area contributed by atoms with Crippen molar-refractivity contribution in [2.75, 3.05) is 11.9 Å². The molecule has 0 saturated heterocycles. The number of alkyl halides is 3. The summed E-state index contributed by atoms with van der Waals surface area (Å²) in [6.07, 6.45) is -4.07. The molecule has 3 rings (SSSR count). The predicted molar refractivity (Wildman–Crippen MR) is 110 cm³/mol. The van der Waals surface area contributed by atoms with Gasteiger partial charge in [0.25, 0.3) is 5.56 Å². The highest BCUT2D eigenvalue weighted by molar-refractivity contribution is 7.18. The number of hydrogen-bond donors (Lipinski definition) is 1. The summed E-state index contributed by atoms with van der Waals surface area (Å²) in [6, 6.07) is 12.1. The fourth-order valence-corrected chi connectivity index (χ4v) is 3.76. The molecule has 0 spiro atoms. The molecule has 3 aromatic rings. The lowest BCUT2D eigenvalue weighted by Gasteiger charge is -2.11. The van der Waals surface area contributed by atoms with E-state index in [-0.39, 0.29) is 17.2 Å². The van der Waals surface area contributed by atoms with Crippen LogP contribution in [0, 0.1) is 0 Å². The Kier molecular flexibility index (Phi) is 6.59. The molecule has 6 nitrogen and oxygen atoms in total. The summed E-state index contributed by atoms with van der Waals surface area (Å²) in [7, 11) is 0. The first-order valence-electron chi connectivity index (χ1n) is 9.13.